The lowest BCUT2D eigenvalue weighted by Gasteiger charge is -2.01. The van der Waals surface area contributed by atoms with Crippen LogP contribution in [0.5, 0.6) is 0 Å². The summed E-state index contributed by atoms with van der Waals surface area (Å²) in [5.74, 6) is -0.990. The van der Waals surface area contributed by atoms with E-state index in [9.17, 15) is 4.79 Å². The van der Waals surface area contributed by atoms with E-state index in [-0.39, 0.29) is 5.56 Å². The molecule has 3 nitrogen and oxygen atoms in total. The number of carboxylic acids is 1. The fourth-order valence-corrected chi connectivity index (χ4v) is 1.22. The third kappa shape index (κ3) is 1.76. The molecule has 0 spiro atoms. The number of benzene rings is 1. The minimum atomic E-state index is -0.990. The van der Waals surface area contributed by atoms with E-state index in [0.29, 0.717) is 11.0 Å². The lowest BCUT2D eigenvalue weighted by Crippen LogP contribution is -2.02. The number of nitrogens with two attached hydrogens (primary N) is 1. The molecule has 0 aliphatic heterocycles. The van der Waals surface area contributed by atoms with Gasteiger partial charge in [0.1, 0.15) is 0 Å². The lowest BCUT2D eigenvalue weighted by molar-refractivity contribution is 0.0698. The van der Waals surface area contributed by atoms with Crippen LogP contribution in [0.25, 0.3) is 0 Å². The maximum atomic E-state index is 10.6. The van der Waals surface area contributed by atoms with Gasteiger partial charge in [0.25, 0.3) is 0 Å². The lowest BCUT2D eigenvalue weighted by atomic mass is 10.1. The highest BCUT2D eigenvalue weighted by Gasteiger charge is 2.07. The Kier molecular flexibility index (Phi) is 2.70. The molecule has 0 saturated heterocycles. The van der Waals surface area contributed by atoms with Crippen LogP contribution in [-0.4, -0.2) is 11.1 Å². The Balaban J connectivity index is 3.17. The van der Waals surface area contributed by atoms with Gasteiger partial charge in [-0.1, -0.05) is 22.0 Å². The van der Waals surface area contributed by atoms with E-state index in [2.05, 4.69) is 15.9 Å². The number of hydrogen-bond acceptors (Lipinski definition) is 2. The molecule has 3 N–H and O–H groups in total. The predicted molar refractivity (Wildman–Crippen MR) is 50.4 cm³/mol. The number of carbonyl (C=O) groups is 1. The maximum Gasteiger partial charge on any atom is 0.337 e. The van der Waals surface area contributed by atoms with Gasteiger partial charge >= 0.3 is 5.97 Å². The summed E-state index contributed by atoms with van der Waals surface area (Å²) >= 11 is 3.23. The Morgan fingerprint density at radius 2 is 2.25 bits per heavy atom. The first-order valence-corrected chi connectivity index (χ1v) is 4.45. The van der Waals surface area contributed by atoms with E-state index in [1.165, 1.54) is 0 Å². The summed E-state index contributed by atoms with van der Waals surface area (Å²) in [7, 11) is 0. The zero-order valence-electron chi connectivity index (χ0n) is 6.25. The van der Waals surface area contributed by atoms with Crippen molar-refractivity contribution in [2.45, 2.75) is 5.33 Å². The van der Waals surface area contributed by atoms with Gasteiger partial charge in [-0.25, -0.2) is 4.79 Å². The molecule has 1 aromatic carbocycles. The van der Waals surface area contributed by atoms with Crippen LogP contribution in [0.15, 0.2) is 18.2 Å². The van der Waals surface area contributed by atoms with Gasteiger partial charge in [-0.15, -0.1) is 0 Å². The first kappa shape index (κ1) is 9.06. The van der Waals surface area contributed by atoms with Crippen LogP contribution in [0.3, 0.4) is 0 Å². The second-order valence-electron chi connectivity index (χ2n) is 2.36. The van der Waals surface area contributed by atoms with E-state index in [4.69, 9.17) is 10.8 Å². The van der Waals surface area contributed by atoms with Crippen molar-refractivity contribution in [1.82, 2.24) is 0 Å². The summed E-state index contributed by atoms with van der Waals surface area (Å²) < 4.78 is 0. The molecule has 0 saturated carbocycles. The Bertz CT molecular complexity index is 312. The molecule has 0 heterocycles. The average molecular weight is 230 g/mol. The van der Waals surface area contributed by atoms with Crippen molar-refractivity contribution < 1.29 is 9.90 Å². The molecule has 12 heavy (non-hydrogen) atoms. The molecule has 64 valence electrons. The number of hydrogen-bond donors (Lipinski definition) is 2. The van der Waals surface area contributed by atoms with Crippen molar-refractivity contribution in [2.75, 3.05) is 5.73 Å². The smallest absolute Gasteiger partial charge is 0.337 e. The highest BCUT2D eigenvalue weighted by Crippen LogP contribution is 2.15. The van der Waals surface area contributed by atoms with E-state index in [1.54, 1.807) is 18.2 Å². The van der Waals surface area contributed by atoms with Gasteiger partial charge < -0.3 is 10.8 Å². The molecule has 1 rings (SSSR count). The highest BCUT2D eigenvalue weighted by atomic mass is 79.9. The monoisotopic (exact) mass is 229 g/mol. The predicted octanol–water partition coefficient (Wildman–Crippen LogP) is 1.86. The normalized spacial score (nSPS) is 9.75. The minimum Gasteiger partial charge on any atom is -0.478 e. The largest absolute Gasteiger partial charge is 0.478 e. The van der Waals surface area contributed by atoms with Gasteiger partial charge in [0, 0.05) is 11.0 Å². The quantitative estimate of drug-likeness (QED) is 0.602. The van der Waals surface area contributed by atoms with E-state index < -0.39 is 5.97 Å². The average Bonchev–Trinajstić information content (AvgIpc) is 2.05. The van der Waals surface area contributed by atoms with Crippen LogP contribution >= 0.6 is 15.9 Å². The fraction of sp³-hybridized carbons (Fsp3) is 0.125. The Morgan fingerprint density at radius 1 is 1.58 bits per heavy atom. The molecule has 1 aromatic rings. The molecule has 0 fully saturated rings. The van der Waals surface area contributed by atoms with Crippen molar-refractivity contribution in [3.8, 4) is 0 Å². The Hall–Kier alpha value is -1.03. The van der Waals surface area contributed by atoms with Gasteiger partial charge in [-0.2, -0.15) is 0 Å². The number of nitrogen functional groups attached to an aromatic ring is 1. The topological polar surface area (TPSA) is 63.3 Å². The SMILES string of the molecule is Nc1ccc(CBr)cc1C(=O)O. The molecule has 0 amide bonds. The molecular formula is C8H8BrNO2. The van der Waals surface area contributed by atoms with Crippen LogP contribution in [0.4, 0.5) is 5.69 Å². The molecular weight excluding hydrogens is 222 g/mol. The summed E-state index contributed by atoms with van der Waals surface area (Å²) in [4.78, 5) is 10.6. The molecule has 0 aliphatic rings. The van der Waals surface area contributed by atoms with Gasteiger partial charge in [0.05, 0.1) is 5.56 Å². The summed E-state index contributed by atoms with van der Waals surface area (Å²) in [5.41, 5.74) is 6.81. The molecule has 0 atom stereocenters. The van der Waals surface area contributed by atoms with Crippen molar-refractivity contribution >= 4 is 27.6 Å². The van der Waals surface area contributed by atoms with Crippen molar-refractivity contribution in [1.29, 1.82) is 0 Å². The van der Waals surface area contributed by atoms with Crippen molar-refractivity contribution in [3.63, 3.8) is 0 Å². The van der Waals surface area contributed by atoms with Gasteiger partial charge in [-0.3, -0.25) is 0 Å². The first-order valence-electron chi connectivity index (χ1n) is 3.33. The zero-order chi connectivity index (χ0) is 9.14. The number of halogens is 1. The summed E-state index contributed by atoms with van der Waals surface area (Å²) in [6.45, 7) is 0. The molecule has 0 aliphatic carbocycles. The second-order valence-corrected chi connectivity index (χ2v) is 2.92. The summed E-state index contributed by atoms with van der Waals surface area (Å²) in [5, 5.41) is 9.32. The van der Waals surface area contributed by atoms with E-state index in [0.717, 1.165) is 5.56 Å². The van der Waals surface area contributed by atoms with Crippen LogP contribution in [0, 0.1) is 0 Å². The number of anilines is 1. The molecule has 0 unspecified atom stereocenters. The van der Waals surface area contributed by atoms with Crippen molar-refractivity contribution in [3.05, 3.63) is 29.3 Å². The summed E-state index contributed by atoms with van der Waals surface area (Å²) in [6.07, 6.45) is 0. The van der Waals surface area contributed by atoms with Crippen molar-refractivity contribution in [2.24, 2.45) is 0 Å². The van der Waals surface area contributed by atoms with Gasteiger partial charge in [0.15, 0.2) is 0 Å². The maximum absolute atomic E-state index is 10.6. The standard InChI is InChI=1S/C8H8BrNO2/c9-4-5-1-2-7(10)6(3-5)8(11)12/h1-3H,4,10H2,(H,11,12). The van der Waals surface area contributed by atoms with Crippen LogP contribution < -0.4 is 5.73 Å². The van der Waals surface area contributed by atoms with Crippen LogP contribution in [0.2, 0.25) is 0 Å². The third-order valence-electron chi connectivity index (χ3n) is 1.50. The van der Waals surface area contributed by atoms with E-state index in [1.807, 2.05) is 0 Å². The molecule has 0 aromatic heterocycles. The molecule has 0 radical (unpaired) electrons. The van der Waals surface area contributed by atoms with Crippen LogP contribution in [0.1, 0.15) is 15.9 Å². The zero-order valence-corrected chi connectivity index (χ0v) is 7.84. The van der Waals surface area contributed by atoms with Gasteiger partial charge in [-0.05, 0) is 17.7 Å². The highest BCUT2D eigenvalue weighted by molar-refractivity contribution is 9.08. The summed E-state index contributed by atoms with van der Waals surface area (Å²) in [6, 6.07) is 4.95. The number of rotatable bonds is 2. The van der Waals surface area contributed by atoms with Gasteiger partial charge in [0.2, 0.25) is 0 Å². The van der Waals surface area contributed by atoms with Crippen LogP contribution in [-0.2, 0) is 5.33 Å². The number of carboxylic acid groups (broad SMARTS) is 1. The first-order chi connectivity index (χ1) is 5.65. The third-order valence-corrected chi connectivity index (χ3v) is 2.15. The Morgan fingerprint density at radius 3 is 2.75 bits per heavy atom. The molecule has 0 bridgehead atoms. The molecule has 4 heteroatoms. The second kappa shape index (κ2) is 3.58. The Labute approximate surface area is 78.3 Å². The number of aromatic carboxylic acids is 1. The number of alkyl halides is 1. The fourth-order valence-electron chi connectivity index (χ4n) is 0.872. The minimum absolute atomic E-state index is 0.159. The van der Waals surface area contributed by atoms with E-state index >= 15 is 0 Å².